The zero-order chi connectivity index (χ0) is 20.6. The molecule has 1 aromatic heterocycles. The highest BCUT2D eigenvalue weighted by Crippen LogP contribution is 2.36. The number of fused-ring (bicyclic) bond motifs is 1. The van der Waals surface area contributed by atoms with Crippen LogP contribution in [0, 0.1) is 5.92 Å². The van der Waals surface area contributed by atoms with Crippen LogP contribution in [0.25, 0.3) is 0 Å². The number of imide groups is 1. The number of hydrogen-bond donors (Lipinski definition) is 3. The largest absolute Gasteiger partial charge is 0.348 e. The standard InChI is InChI=1S/C19H20N4O5S/c24-18-14-7-4-8-15(17(14)22-19(25)23(18)26)29(27,28)13-6-3-5-12(11-13)21-16-9-1-2-10-20-16/h1-3,5-6,9-11,14-15,17,26H,4,7-8H2,(H,20,21)(H,22,25). The van der Waals surface area contributed by atoms with Crippen LogP contribution in [0.1, 0.15) is 19.3 Å². The van der Waals surface area contributed by atoms with Gasteiger partial charge in [0.15, 0.2) is 9.84 Å². The summed E-state index contributed by atoms with van der Waals surface area (Å²) in [5, 5.41) is 14.2. The molecule has 2 fully saturated rings. The fourth-order valence-electron chi connectivity index (χ4n) is 3.95. The molecule has 9 nitrogen and oxygen atoms in total. The van der Waals surface area contributed by atoms with E-state index in [1.54, 1.807) is 30.5 Å². The first kappa shape index (κ1) is 19.3. The van der Waals surface area contributed by atoms with Gasteiger partial charge in [-0.1, -0.05) is 18.6 Å². The lowest BCUT2D eigenvalue weighted by atomic mass is 9.82. The second-order valence-corrected chi connectivity index (χ2v) is 9.28. The Morgan fingerprint density at radius 1 is 1.14 bits per heavy atom. The number of sulfone groups is 1. The third-order valence-electron chi connectivity index (χ3n) is 5.34. The summed E-state index contributed by atoms with van der Waals surface area (Å²) < 4.78 is 26.7. The molecule has 0 bridgehead atoms. The number of rotatable bonds is 4. The van der Waals surface area contributed by atoms with E-state index < -0.39 is 39.0 Å². The van der Waals surface area contributed by atoms with Crippen molar-refractivity contribution in [3.05, 3.63) is 48.7 Å². The van der Waals surface area contributed by atoms with Crippen molar-refractivity contribution in [2.75, 3.05) is 5.32 Å². The summed E-state index contributed by atoms with van der Waals surface area (Å²) in [5.74, 6) is -0.946. The third kappa shape index (κ3) is 3.56. The Hall–Kier alpha value is -2.98. The summed E-state index contributed by atoms with van der Waals surface area (Å²) >= 11 is 0. The van der Waals surface area contributed by atoms with Crippen molar-refractivity contribution in [2.24, 2.45) is 5.92 Å². The maximum Gasteiger partial charge on any atom is 0.348 e. The first-order valence-corrected chi connectivity index (χ1v) is 10.8. The highest BCUT2D eigenvalue weighted by molar-refractivity contribution is 7.92. The Bertz CT molecular complexity index is 1040. The topological polar surface area (TPSA) is 129 Å². The van der Waals surface area contributed by atoms with Gasteiger partial charge in [0.05, 0.1) is 22.1 Å². The number of aromatic nitrogens is 1. The van der Waals surface area contributed by atoms with Crippen molar-refractivity contribution < 1.29 is 23.2 Å². The van der Waals surface area contributed by atoms with Crippen LogP contribution in [0.15, 0.2) is 53.6 Å². The van der Waals surface area contributed by atoms with Crippen LogP contribution in [0.2, 0.25) is 0 Å². The van der Waals surface area contributed by atoms with Gasteiger partial charge >= 0.3 is 6.03 Å². The minimum atomic E-state index is -3.84. The molecule has 2 heterocycles. The van der Waals surface area contributed by atoms with Crippen molar-refractivity contribution in [1.82, 2.24) is 15.4 Å². The van der Waals surface area contributed by atoms with Crippen LogP contribution in [-0.2, 0) is 14.6 Å². The Morgan fingerprint density at radius 3 is 2.72 bits per heavy atom. The molecule has 1 saturated heterocycles. The van der Waals surface area contributed by atoms with Gasteiger partial charge in [0.1, 0.15) is 5.82 Å². The molecule has 2 aromatic rings. The van der Waals surface area contributed by atoms with E-state index in [0.717, 1.165) is 0 Å². The summed E-state index contributed by atoms with van der Waals surface area (Å²) in [4.78, 5) is 28.4. The Morgan fingerprint density at radius 2 is 1.97 bits per heavy atom. The quantitative estimate of drug-likeness (QED) is 0.651. The normalized spacial score (nSPS) is 24.6. The SMILES string of the molecule is O=C1NC2C(CCCC2S(=O)(=O)c2cccc(Nc3ccccn3)c2)C(=O)N1O. The van der Waals surface area contributed by atoms with Gasteiger partial charge < -0.3 is 10.6 Å². The molecule has 4 rings (SSSR count). The number of hydrogen-bond acceptors (Lipinski definition) is 7. The summed E-state index contributed by atoms with van der Waals surface area (Å²) in [7, 11) is -3.84. The Labute approximate surface area is 167 Å². The lowest BCUT2D eigenvalue weighted by molar-refractivity contribution is -0.163. The van der Waals surface area contributed by atoms with Gasteiger partial charge in [0.2, 0.25) is 0 Å². The zero-order valence-electron chi connectivity index (χ0n) is 15.4. The van der Waals surface area contributed by atoms with E-state index in [-0.39, 0.29) is 9.96 Å². The summed E-state index contributed by atoms with van der Waals surface area (Å²) in [6.45, 7) is 0. The molecule has 3 N–H and O–H groups in total. The van der Waals surface area contributed by atoms with Crippen molar-refractivity contribution >= 4 is 33.3 Å². The number of anilines is 2. The number of carbonyl (C=O) groups is 2. The molecule has 1 aliphatic heterocycles. The number of carbonyl (C=O) groups excluding carboxylic acids is 2. The van der Waals surface area contributed by atoms with E-state index in [1.807, 2.05) is 6.07 Å². The third-order valence-corrected chi connectivity index (χ3v) is 7.58. The summed E-state index contributed by atoms with van der Waals surface area (Å²) in [5.41, 5.74) is 0.558. The molecule has 29 heavy (non-hydrogen) atoms. The Kier molecular flexibility index (Phi) is 4.97. The first-order valence-electron chi connectivity index (χ1n) is 9.23. The highest BCUT2D eigenvalue weighted by atomic mass is 32.2. The maximum atomic E-state index is 13.4. The van der Waals surface area contributed by atoms with E-state index in [0.29, 0.717) is 30.8 Å². The van der Waals surface area contributed by atoms with Gasteiger partial charge in [0, 0.05) is 11.9 Å². The molecule has 3 amide bonds. The minimum Gasteiger partial charge on any atom is -0.340 e. The van der Waals surface area contributed by atoms with Gasteiger partial charge in [-0.25, -0.2) is 18.2 Å². The van der Waals surface area contributed by atoms with Gasteiger partial charge in [0.25, 0.3) is 5.91 Å². The van der Waals surface area contributed by atoms with Crippen LogP contribution in [0.4, 0.5) is 16.3 Å². The number of benzene rings is 1. The van der Waals surface area contributed by atoms with Crippen molar-refractivity contribution in [2.45, 2.75) is 35.4 Å². The monoisotopic (exact) mass is 416 g/mol. The van der Waals surface area contributed by atoms with E-state index in [4.69, 9.17) is 0 Å². The van der Waals surface area contributed by atoms with Gasteiger partial charge in [-0.2, -0.15) is 0 Å². The molecule has 1 saturated carbocycles. The molecule has 3 atom stereocenters. The number of hydroxylamine groups is 2. The predicted molar refractivity (Wildman–Crippen MR) is 103 cm³/mol. The Balaban J connectivity index is 1.63. The van der Waals surface area contributed by atoms with E-state index >= 15 is 0 Å². The van der Waals surface area contributed by atoms with Crippen LogP contribution in [-0.4, -0.2) is 46.9 Å². The molecular formula is C19H20N4O5S. The number of amides is 3. The number of nitrogens with zero attached hydrogens (tertiary/aromatic N) is 2. The molecule has 1 aromatic carbocycles. The first-order chi connectivity index (χ1) is 13.9. The summed E-state index contributed by atoms with van der Waals surface area (Å²) in [6.07, 6.45) is 2.86. The number of urea groups is 1. The van der Waals surface area contributed by atoms with Gasteiger partial charge in [-0.15, -0.1) is 5.06 Å². The maximum absolute atomic E-state index is 13.4. The van der Waals surface area contributed by atoms with Crippen LogP contribution >= 0.6 is 0 Å². The van der Waals surface area contributed by atoms with Crippen LogP contribution < -0.4 is 10.6 Å². The van der Waals surface area contributed by atoms with Crippen molar-refractivity contribution in [3.8, 4) is 0 Å². The minimum absolute atomic E-state index is 0.0353. The highest BCUT2D eigenvalue weighted by Gasteiger charge is 2.50. The fourth-order valence-corrected chi connectivity index (χ4v) is 5.98. The molecule has 10 heteroatoms. The fraction of sp³-hybridized carbons (Fsp3) is 0.316. The average molecular weight is 416 g/mol. The second-order valence-electron chi connectivity index (χ2n) is 7.11. The molecule has 152 valence electrons. The number of nitrogens with one attached hydrogen (secondary N) is 2. The molecule has 1 aliphatic carbocycles. The summed E-state index contributed by atoms with van der Waals surface area (Å²) in [6, 6.07) is 9.84. The van der Waals surface area contributed by atoms with Crippen LogP contribution in [0.3, 0.4) is 0 Å². The van der Waals surface area contributed by atoms with Gasteiger partial charge in [-0.3, -0.25) is 10.0 Å². The van der Waals surface area contributed by atoms with E-state index in [9.17, 15) is 23.2 Å². The smallest absolute Gasteiger partial charge is 0.340 e. The molecule has 2 aliphatic rings. The molecule has 0 spiro atoms. The molecule has 0 radical (unpaired) electrons. The lowest BCUT2D eigenvalue weighted by Gasteiger charge is -2.41. The zero-order valence-corrected chi connectivity index (χ0v) is 16.2. The van der Waals surface area contributed by atoms with E-state index in [2.05, 4.69) is 15.6 Å². The van der Waals surface area contributed by atoms with Crippen LogP contribution in [0.5, 0.6) is 0 Å². The van der Waals surface area contributed by atoms with Crippen molar-refractivity contribution in [3.63, 3.8) is 0 Å². The molecule has 3 unspecified atom stereocenters. The van der Waals surface area contributed by atoms with Crippen molar-refractivity contribution in [1.29, 1.82) is 0 Å². The number of pyridine rings is 1. The van der Waals surface area contributed by atoms with Gasteiger partial charge in [-0.05, 0) is 43.2 Å². The molecular weight excluding hydrogens is 396 g/mol. The average Bonchev–Trinajstić information content (AvgIpc) is 2.73. The predicted octanol–water partition coefficient (Wildman–Crippen LogP) is 2.08. The second kappa shape index (κ2) is 7.45. The lowest BCUT2D eigenvalue weighted by Crippen LogP contribution is -2.64. The van der Waals surface area contributed by atoms with E-state index in [1.165, 1.54) is 12.1 Å².